The van der Waals surface area contributed by atoms with Crippen molar-refractivity contribution >= 4 is 0 Å². The second-order valence-electron chi connectivity index (χ2n) is 6.00. The maximum absolute atomic E-state index is 6.27. The quantitative estimate of drug-likeness (QED) is 0.818. The van der Waals surface area contributed by atoms with Crippen LogP contribution in [0, 0.1) is 11.8 Å². The van der Waals surface area contributed by atoms with Crippen molar-refractivity contribution in [1.29, 1.82) is 0 Å². The van der Waals surface area contributed by atoms with E-state index in [9.17, 15) is 0 Å². The molecule has 3 nitrogen and oxygen atoms in total. The zero-order valence-electron chi connectivity index (χ0n) is 11.4. The summed E-state index contributed by atoms with van der Waals surface area (Å²) in [5.74, 6) is 1.57. The van der Waals surface area contributed by atoms with Crippen LogP contribution in [0.3, 0.4) is 0 Å². The van der Waals surface area contributed by atoms with E-state index in [1.807, 2.05) is 0 Å². The molecule has 0 amide bonds. The van der Waals surface area contributed by atoms with Gasteiger partial charge in [-0.2, -0.15) is 0 Å². The highest BCUT2D eigenvalue weighted by Gasteiger charge is 2.29. The first-order valence-corrected chi connectivity index (χ1v) is 7.28. The van der Waals surface area contributed by atoms with Crippen LogP contribution in [-0.4, -0.2) is 43.3 Å². The van der Waals surface area contributed by atoms with Crippen molar-refractivity contribution in [2.75, 3.05) is 26.2 Å². The predicted molar refractivity (Wildman–Crippen MR) is 71.0 cm³/mol. The highest BCUT2D eigenvalue weighted by Crippen LogP contribution is 2.29. The SMILES string of the molecule is CCC1CN(CC2CC(C)CCC2N)CCO1. The van der Waals surface area contributed by atoms with Crippen LogP contribution in [0.5, 0.6) is 0 Å². The lowest BCUT2D eigenvalue weighted by Crippen LogP contribution is -2.48. The molecule has 0 aromatic heterocycles. The molecule has 1 heterocycles. The van der Waals surface area contributed by atoms with Gasteiger partial charge in [-0.1, -0.05) is 13.8 Å². The van der Waals surface area contributed by atoms with Gasteiger partial charge in [0.05, 0.1) is 12.7 Å². The molecule has 1 saturated heterocycles. The number of nitrogens with two attached hydrogens (primary N) is 1. The Morgan fingerprint density at radius 2 is 2.18 bits per heavy atom. The van der Waals surface area contributed by atoms with Gasteiger partial charge in [0.25, 0.3) is 0 Å². The maximum Gasteiger partial charge on any atom is 0.0700 e. The maximum atomic E-state index is 6.27. The monoisotopic (exact) mass is 240 g/mol. The Hall–Kier alpha value is -0.120. The molecule has 0 aromatic rings. The van der Waals surface area contributed by atoms with Crippen LogP contribution in [0.2, 0.25) is 0 Å². The summed E-state index contributed by atoms with van der Waals surface area (Å²) in [5.41, 5.74) is 6.27. The van der Waals surface area contributed by atoms with Crippen LogP contribution < -0.4 is 5.73 Å². The summed E-state index contributed by atoms with van der Waals surface area (Å²) in [4.78, 5) is 2.57. The third-order valence-electron chi connectivity index (χ3n) is 4.47. The van der Waals surface area contributed by atoms with Crippen LogP contribution in [0.15, 0.2) is 0 Å². The molecule has 0 aromatic carbocycles. The molecule has 0 radical (unpaired) electrons. The van der Waals surface area contributed by atoms with Gasteiger partial charge in [-0.3, -0.25) is 4.90 Å². The lowest BCUT2D eigenvalue weighted by Gasteiger charge is -2.39. The zero-order chi connectivity index (χ0) is 12.3. The highest BCUT2D eigenvalue weighted by molar-refractivity contribution is 4.84. The Morgan fingerprint density at radius 3 is 2.94 bits per heavy atom. The van der Waals surface area contributed by atoms with Gasteiger partial charge in [-0.15, -0.1) is 0 Å². The van der Waals surface area contributed by atoms with Crippen LogP contribution in [-0.2, 0) is 4.74 Å². The molecule has 0 bridgehead atoms. The Labute approximate surface area is 106 Å². The Kier molecular flexibility index (Phi) is 4.83. The minimum atomic E-state index is 0.425. The van der Waals surface area contributed by atoms with Crippen LogP contribution in [0.1, 0.15) is 39.5 Å². The fraction of sp³-hybridized carbons (Fsp3) is 1.00. The molecule has 4 atom stereocenters. The molecular formula is C14H28N2O. The van der Waals surface area contributed by atoms with E-state index in [1.165, 1.54) is 25.8 Å². The average molecular weight is 240 g/mol. The number of ether oxygens (including phenoxy) is 1. The van der Waals surface area contributed by atoms with Crippen LogP contribution in [0.4, 0.5) is 0 Å². The number of morpholine rings is 1. The molecule has 1 saturated carbocycles. The number of hydrogen-bond donors (Lipinski definition) is 1. The lowest BCUT2D eigenvalue weighted by atomic mass is 9.79. The van der Waals surface area contributed by atoms with Crippen molar-refractivity contribution < 1.29 is 4.74 Å². The summed E-state index contributed by atoms with van der Waals surface area (Å²) in [7, 11) is 0. The topological polar surface area (TPSA) is 38.5 Å². The largest absolute Gasteiger partial charge is 0.376 e. The summed E-state index contributed by atoms with van der Waals surface area (Å²) >= 11 is 0. The highest BCUT2D eigenvalue weighted by atomic mass is 16.5. The van der Waals surface area contributed by atoms with E-state index < -0.39 is 0 Å². The molecule has 17 heavy (non-hydrogen) atoms. The predicted octanol–water partition coefficient (Wildman–Crippen LogP) is 1.86. The van der Waals surface area contributed by atoms with Crippen LogP contribution in [0.25, 0.3) is 0 Å². The molecular weight excluding hydrogens is 212 g/mol. The van der Waals surface area contributed by atoms with E-state index >= 15 is 0 Å². The molecule has 100 valence electrons. The lowest BCUT2D eigenvalue weighted by molar-refractivity contribution is -0.0373. The van der Waals surface area contributed by atoms with Gasteiger partial charge in [0, 0.05) is 25.7 Å². The van der Waals surface area contributed by atoms with E-state index in [1.54, 1.807) is 0 Å². The summed E-state index contributed by atoms with van der Waals surface area (Å²) in [6.07, 6.45) is 5.42. The van der Waals surface area contributed by atoms with E-state index in [0.717, 1.165) is 32.0 Å². The molecule has 2 fully saturated rings. The Balaban J connectivity index is 1.82. The van der Waals surface area contributed by atoms with Gasteiger partial charge in [0.15, 0.2) is 0 Å². The first-order valence-electron chi connectivity index (χ1n) is 7.28. The van der Waals surface area contributed by atoms with Gasteiger partial charge < -0.3 is 10.5 Å². The standard InChI is InChI=1S/C14H28N2O/c1-3-13-10-16(6-7-17-13)9-12-8-11(2)4-5-14(12)15/h11-14H,3-10,15H2,1-2H3. The van der Waals surface area contributed by atoms with Crippen LogP contribution >= 0.6 is 0 Å². The van der Waals surface area contributed by atoms with Gasteiger partial charge in [-0.25, -0.2) is 0 Å². The number of nitrogens with zero attached hydrogens (tertiary/aromatic N) is 1. The Morgan fingerprint density at radius 1 is 1.35 bits per heavy atom. The average Bonchev–Trinajstić information content (AvgIpc) is 2.34. The third kappa shape index (κ3) is 3.67. The van der Waals surface area contributed by atoms with E-state index in [2.05, 4.69) is 18.7 Å². The second kappa shape index (κ2) is 6.17. The van der Waals surface area contributed by atoms with Crippen molar-refractivity contribution in [1.82, 2.24) is 4.90 Å². The zero-order valence-corrected chi connectivity index (χ0v) is 11.4. The fourth-order valence-corrected chi connectivity index (χ4v) is 3.26. The van der Waals surface area contributed by atoms with Gasteiger partial charge in [0.2, 0.25) is 0 Å². The summed E-state index contributed by atoms with van der Waals surface area (Å²) in [5, 5.41) is 0. The molecule has 4 unspecified atom stereocenters. The first-order chi connectivity index (χ1) is 8.19. The van der Waals surface area contributed by atoms with E-state index in [4.69, 9.17) is 10.5 Å². The molecule has 0 spiro atoms. The number of rotatable bonds is 3. The smallest absolute Gasteiger partial charge is 0.0700 e. The van der Waals surface area contributed by atoms with E-state index in [0.29, 0.717) is 18.1 Å². The van der Waals surface area contributed by atoms with Gasteiger partial charge in [0.1, 0.15) is 0 Å². The van der Waals surface area contributed by atoms with E-state index in [-0.39, 0.29) is 0 Å². The third-order valence-corrected chi connectivity index (χ3v) is 4.47. The summed E-state index contributed by atoms with van der Waals surface area (Å²) in [6.45, 7) is 8.86. The van der Waals surface area contributed by atoms with Gasteiger partial charge in [-0.05, 0) is 37.5 Å². The molecule has 2 rings (SSSR count). The first kappa shape index (κ1) is 13.3. The van der Waals surface area contributed by atoms with Crippen molar-refractivity contribution in [3.8, 4) is 0 Å². The summed E-state index contributed by atoms with van der Waals surface area (Å²) < 4.78 is 5.72. The Bertz CT molecular complexity index is 234. The minimum Gasteiger partial charge on any atom is -0.376 e. The molecule has 1 aliphatic heterocycles. The van der Waals surface area contributed by atoms with Crippen molar-refractivity contribution in [2.24, 2.45) is 17.6 Å². The normalized spacial score (nSPS) is 40.4. The number of hydrogen-bond acceptors (Lipinski definition) is 3. The van der Waals surface area contributed by atoms with Gasteiger partial charge >= 0.3 is 0 Å². The second-order valence-corrected chi connectivity index (χ2v) is 6.00. The van der Waals surface area contributed by atoms with Crippen molar-refractivity contribution in [3.05, 3.63) is 0 Å². The molecule has 1 aliphatic carbocycles. The minimum absolute atomic E-state index is 0.425. The molecule has 3 heteroatoms. The summed E-state index contributed by atoms with van der Waals surface area (Å²) in [6, 6.07) is 0.425. The molecule has 2 aliphatic rings. The molecule has 2 N–H and O–H groups in total. The van der Waals surface area contributed by atoms with Crippen molar-refractivity contribution in [2.45, 2.75) is 51.7 Å². The fourth-order valence-electron chi connectivity index (χ4n) is 3.26. The van der Waals surface area contributed by atoms with Crippen molar-refractivity contribution in [3.63, 3.8) is 0 Å².